The number of benzene rings is 4. The number of amides is 8. The van der Waals surface area contributed by atoms with Gasteiger partial charge in [0.15, 0.2) is 11.9 Å². The summed E-state index contributed by atoms with van der Waals surface area (Å²) in [4.78, 5) is 225. The fourth-order valence-corrected chi connectivity index (χ4v) is 24.2. The monoisotopic (exact) mass is 2280 g/mol. The van der Waals surface area contributed by atoms with Crippen LogP contribution in [0, 0.1) is 32.6 Å². The Morgan fingerprint density at radius 1 is 0.527 bits per heavy atom. The van der Waals surface area contributed by atoms with E-state index in [2.05, 4.69) is 83.8 Å². The number of nitrogens with one attached hydrogen (secondary N) is 13. The maximum absolute atomic E-state index is 15.0. The van der Waals surface area contributed by atoms with E-state index in [9.17, 15) is 122 Å². The van der Waals surface area contributed by atoms with Crippen LogP contribution < -0.4 is 77.6 Å². The van der Waals surface area contributed by atoms with Crippen LogP contribution in [-0.4, -0.2) is 380 Å². The van der Waals surface area contributed by atoms with Gasteiger partial charge in [0.2, 0.25) is 54.5 Å². The van der Waals surface area contributed by atoms with E-state index in [1.54, 1.807) is 94.2 Å². The Hall–Kier alpha value is -13.3. The number of rotatable bonds is 50. The van der Waals surface area contributed by atoms with E-state index < -0.39 is 228 Å². The number of hydrogen-bond donors (Lipinski definition) is 21. The summed E-state index contributed by atoms with van der Waals surface area (Å²) in [5.74, 6) is -14.2. The van der Waals surface area contributed by atoms with E-state index in [1.165, 1.54) is 69.3 Å². The van der Waals surface area contributed by atoms with Gasteiger partial charge >= 0.3 is 220 Å². The van der Waals surface area contributed by atoms with Crippen LogP contribution in [-0.2, 0) is 104 Å². The van der Waals surface area contributed by atoms with E-state index in [4.69, 9.17) is 18.0 Å². The number of fused-ring (bicyclic) bond motifs is 9. The molecule has 3 saturated heterocycles. The molecular formula is C90H121InN23O32S4+. The second kappa shape index (κ2) is 53.4. The molecule has 0 radical (unpaired) electrons. The minimum absolute atomic E-state index is 0.0270. The van der Waals surface area contributed by atoms with Crippen molar-refractivity contribution in [3.63, 3.8) is 0 Å². The Morgan fingerprint density at radius 2 is 0.940 bits per heavy atom. The summed E-state index contributed by atoms with van der Waals surface area (Å²) in [5.41, 5.74) is 0.995. The molecule has 8 aromatic rings. The number of aromatic amines is 2. The number of anilines is 2. The number of H-pyrrole nitrogens is 2. The maximum atomic E-state index is 15.0. The van der Waals surface area contributed by atoms with Crippen molar-refractivity contribution in [1.82, 2.24) is 100 Å². The summed E-state index contributed by atoms with van der Waals surface area (Å²) in [6, 6.07) is 7.02. The standard InChI is InChI=1S/C90H123N23O32S4.In/c1-54-36-61(37-55(2)81(54)148(140,141)104-67(87(129)130)44-99-83(125)65-47-106(6)70-40-59(12-14-63(70)79(65)123)42-101-89-95-21-22-96-89)144-34-8-10-73(115)91-17-19-93-85(127)69(52-146(134,135)136)103-75(117)16-25-112(76(118)49-109-28-32-110(50-77(119)120)30-26-108(46-58(5)114)27-31-111(33-29-109)51-78(121)122)113(133)72(53-147(137,138)139)86(128)94-20-18-92-74(116)11-9-35-145-62-38-56(3)82(57(4)39-62)149(142,143)105-68(88(131)132)45-100-84(126)66-48-107(7)71-41-60(13-15-64(71)80(66)124)43-102-90-97-23-24-98-90;/h12-15,21-24,36-41,47-48,67-69,72,104-105H,5,8-11,16-20,25-35,42-46,49-53H2,1-4,6-7H3,(H21-,91,92,93,94,95,96,97,98,99,100,101,102,103,114,115,116,117,119,120,121,122,125,126,127,128,129,130,131,132,134,135,136,137,138,139);/q;+3/p-2. The van der Waals surface area contributed by atoms with Crippen LogP contribution in [0.25, 0.3) is 21.8 Å². The molecule has 814 valence electrons. The van der Waals surface area contributed by atoms with Crippen molar-refractivity contribution in [2.75, 3.05) is 160 Å². The zero-order chi connectivity index (χ0) is 109. The molecule has 0 aliphatic carbocycles. The quantitative estimate of drug-likeness (QED) is 0.0126. The van der Waals surface area contributed by atoms with Gasteiger partial charge in [0.05, 0.1) is 61.5 Å². The zero-order valence-corrected chi connectivity index (χ0v) is 89.1. The van der Waals surface area contributed by atoms with E-state index in [1.807, 2.05) is 4.90 Å². The zero-order valence-electron chi connectivity index (χ0n) is 82.5. The molecule has 8 amide bonds. The number of imidazole rings is 2. The molecule has 0 saturated carbocycles. The number of pyridine rings is 2. The molecule has 6 unspecified atom stereocenters. The van der Waals surface area contributed by atoms with Crippen molar-refractivity contribution in [3.8, 4) is 11.5 Å². The third kappa shape index (κ3) is 34.6. The predicted octanol–water partition coefficient (Wildman–Crippen LogP) is -0.836. The average Bonchev–Trinajstić information content (AvgIpc) is 0.841. The van der Waals surface area contributed by atoms with Crippen LogP contribution in [0.3, 0.4) is 0 Å². The molecule has 3 aliphatic rings. The van der Waals surface area contributed by atoms with Gasteiger partial charge in [0, 0.05) is 127 Å². The fraction of sp³-hybridized carbons (Fsp3) is 0.444. The molecule has 3 fully saturated rings. The number of aromatic nitrogens is 6. The first-order valence-electron chi connectivity index (χ1n) is 46.9. The topological polar surface area (TPSA) is 751 Å². The first-order valence-corrected chi connectivity index (χ1v) is 57.3. The molecule has 0 spiro atoms. The second-order valence-corrected chi connectivity index (χ2v) is 45.6. The van der Waals surface area contributed by atoms with E-state index in [0.717, 1.165) is 11.1 Å². The third-order valence-corrected chi connectivity index (χ3v) is 32.9. The molecule has 60 heteroatoms. The number of hydrogen-bond acceptors (Lipinski definition) is 38. The average molecular weight is 2280 g/mol. The first kappa shape index (κ1) is 117. The summed E-state index contributed by atoms with van der Waals surface area (Å²) < 4.78 is 154. The number of aliphatic carboxylic acids is 2. The second-order valence-electron chi connectivity index (χ2n) is 35.5. The van der Waals surface area contributed by atoms with Gasteiger partial charge in [0.1, 0.15) is 46.5 Å². The molecule has 150 heavy (non-hydrogen) atoms. The van der Waals surface area contributed by atoms with Crippen LogP contribution in [0.2, 0.25) is 0 Å². The Labute approximate surface area is 871 Å². The number of ether oxygens (including phenoxy) is 2. The van der Waals surface area contributed by atoms with Gasteiger partial charge in [-0.25, -0.2) is 26.8 Å². The number of hydrazine groups is 1. The number of sulfonamides is 2. The Kier molecular flexibility index (Phi) is 41.6. The number of carbonyl (C=O) groups is 12. The van der Waals surface area contributed by atoms with Crippen LogP contribution in [0.1, 0.15) is 86.2 Å². The summed E-state index contributed by atoms with van der Waals surface area (Å²) in [6.45, 7) is 5.76. The number of carboxylic acids is 2. The van der Waals surface area contributed by atoms with Crippen LogP contribution >= 0.6 is 21.7 Å². The number of carbonyl (C=O) groups excluding carboxylic acids is 10. The van der Waals surface area contributed by atoms with Crippen molar-refractivity contribution in [2.24, 2.45) is 14.1 Å². The van der Waals surface area contributed by atoms with Crippen molar-refractivity contribution in [2.45, 2.75) is 107 Å². The Bertz CT molecular complexity index is 6610. The summed E-state index contributed by atoms with van der Waals surface area (Å²) >= 11 is -4.35. The van der Waals surface area contributed by atoms with Crippen molar-refractivity contribution < 1.29 is 135 Å². The molecular weight excluding hydrogens is 2160 g/mol. The van der Waals surface area contributed by atoms with Gasteiger partial charge in [-0.1, -0.05) is 12.1 Å². The Morgan fingerprint density at radius 3 is 1.35 bits per heavy atom. The van der Waals surface area contributed by atoms with Gasteiger partial charge in [-0.15, -0.1) is 0 Å². The van der Waals surface area contributed by atoms with Crippen molar-refractivity contribution in [1.29, 1.82) is 0 Å². The summed E-state index contributed by atoms with van der Waals surface area (Å²) in [7, 11) is -15.6. The minimum atomic E-state index is -4.88. The summed E-state index contributed by atoms with van der Waals surface area (Å²) in [6.07, 6.45) is 7.66. The van der Waals surface area contributed by atoms with E-state index in [0.29, 0.717) is 54.1 Å². The molecule has 6 atom stereocenters. The summed E-state index contributed by atoms with van der Waals surface area (Å²) in [5, 5.41) is 43.8. The van der Waals surface area contributed by atoms with Gasteiger partial charge in [-0.3, -0.25) is 52.7 Å². The van der Waals surface area contributed by atoms with Gasteiger partial charge < -0.3 is 114 Å². The van der Waals surface area contributed by atoms with Crippen LogP contribution in [0.15, 0.2) is 130 Å². The fourth-order valence-electron chi connectivity index (χ4n) is 16.5. The predicted molar refractivity (Wildman–Crippen MR) is 542 cm³/mol. The number of aryl methyl sites for hydroxylation is 6. The normalized spacial score (nSPS) is 16.4. The molecule has 4 bridgehead atoms. The van der Waals surface area contributed by atoms with E-state index >= 15 is 4.79 Å². The SMILES string of the molecule is C=C1CN2CCN3CCN(CC(=O)N(CCC(=O)NC(CS(O)(O)O)C(=O)NCCNC(=O)CCCOc4cc(C)c(S(=O)(=O)NC(CNC(=O)c5cn(C)c6cc(CNc7ncc[nH]7)ccc6c5=O)C(=O)O)c(C)c4)[N+](=O)C(CS(O)(O)O)C(=O)NCCNC(=O)CCCOc4cc(C)c(S(=O)(=O)NC(CNC(=O)c5cn(C)c6cc(CNc7ncc[nH]7)ccc6c5=O)C(=O)O)c(C)c4)CCN(CC2)CC(=O)[O][In]([O]1)[O]C(=O)C3. The molecule has 55 nitrogen and oxygen atoms in total. The molecule has 3 aliphatic heterocycles. The number of carboxylic acid groups (broad SMARTS) is 2. The van der Waals surface area contributed by atoms with E-state index in [-0.39, 0.29) is 187 Å². The van der Waals surface area contributed by atoms with Crippen LogP contribution in [0.4, 0.5) is 11.9 Å². The van der Waals surface area contributed by atoms with Gasteiger partial charge in [-0.05, 0) is 122 Å². The molecule has 7 heterocycles. The van der Waals surface area contributed by atoms with Gasteiger partial charge in [-0.2, -0.15) is 9.44 Å². The molecule has 4 aromatic carbocycles. The van der Waals surface area contributed by atoms with Crippen molar-refractivity contribution >= 4 is 169 Å². The Balaban J connectivity index is 0.670. The van der Waals surface area contributed by atoms with Gasteiger partial charge in [0.25, 0.3) is 17.7 Å². The third-order valence-electron chi connectivity index (χ3n) is 23.8. The molecule has 21 N–H and O–H groups in total. The first-order chi connectivity index (χ1) is 70.9. The number of nitrogens with zero attached hydrogens (tertiary/aromatic N) is 10. The van der Waals surface area contributed by atoms with Crippen LogP contribution in [0.5, 0.6) is 11.5 Å². The molecule has 11 rings (SSSR count). The molecule has 4 aromatic heterocycles. The number of nitroso groups, excluding NO2 is 1. The van der Waals surface area contributed by atoms with Crippen molar-refractivity contribution in [3.05, 3.63) is 180 Å².